The molecule has 0 saturated carbocycles. The third-order valence-electron chi connectivity index (χ3n) is 8.39. The number of esters is 1. The smallest absolute Gasteiger partial charge is 0.336 e. The van der Waals surface area contributed by atoms with Gasteiger partial charge in [0.2, 0.25) is 0 Å². The van der Waals surface area contributed by atoms with Gasteiger partial charge in [-0.1, -0.05) is 116 Å². The number of ether oxygens (including phenoxy) is 1. The highest BCUT2D eigenvalue weighted by atomic mass is 16.5. The van der Waals surface area contributed by atoms with Crippen LogP contribution < -0.4 is 5.32 Å². The van der Waals surface area contributed by atoms with Crippen molar-refractivity contribution in [3.63, 3.8) is 0 Å². The molecule has 0 spiro atoms. The number of carbonyl (C=O) groups excluding carboxylic acids is 2. The van der Waals surface area contributed by atoms with Crippen LogP contribution in [0.15, 0.2) is 46.8 Å². The Morgan fingerprint density at radius 1 is 0.925 bits per heavy atom. The Labute approximate surface area is 242 Å². The van der Waals surface area contributed by atoms with Crippen LogP contribution in [0.1, 0.15) is 142 Å². The summed E-state index contributed by atoms with van der Waals surface area (Å²) in [4.78, 5) is 26.8. The second-order valence-electron chi connectivity index (χ2n) is 12.8. The molecule has 2 N–H and O–H groups in total. The number of carbonyl (C=O) groups is 2. The van der Waals surface area contributed by atoms with Gasteiger partial charge >= 0.3 is 5.97 Å². The molecule has 0 saturated heterocycles. The number of hydrogen-bond donors (Lipinski definition) is 2. The summed E-state index contributed by atoms with van der Waals surface area (Å²) in [5.41, 5.74) is 3.32. The number of ketones is 1. The number of benzene rings is 1. The number of unbranched alkanes of at least 4 members (excludes halogenated alkanes) is 13. The van der Waals surface area contributed by atoms with E-state index in [4.69, 9.17) is 4.74 Å². The number of rotatable bonds is 17. The molecule has 0 fully saturated rings. The Hall–Kier alpha value is -2.56. The summed E-state index contributed by atoms with van der Waals surface area (Å²) in [5.74, 6) is -0.737. The molecule has 2 aliphatic rings. The molecule has 1 aliphatic carbocycles. The Balaban J connectivity index is 1.45. The first-order valence-corrected chi connectivity index (χ1v) is 15.9. The van der Waals surface area contributed by atoms with Crippen molar-refractivity contribution in [1.82, 2.24) is 5.32 Å². The topological polar surface area (TPSA) is 75.6 Å². The average molecular weight is 552 g/mol. The molecule has 0 radical (unpaired) electrons. The van der Waals surface area contributed by atoms with Crippen LogP contribution in [-0.2, 0) is 14.3 Å². The molecule has 222 valence electrons. The van der Waals surface area contributed by atoms with Gasteiger partial charge < -0.3 is 15.2 Å². The van der Waals surface area contributed by atoms with E-state index in [1.807, 2.05) is 13.0 Å². The first-order valence-electron chi connectivity index (χ1n) is 15.9. The third kappa shape index (κ3) is 9.52. The Kier molecular flexibility index (Phi) is 12.8. The SMILES string of the molecule is CCCCCCCCCCCCCCCCOC(=O)C1=C(C)NC2=C(C(=O)CC(C)(C)C2)C1c1cccc(O)c1. The maximum Gasteiger partial charge on any atom is 0.336 e. The number of phenols is 1. The highest BCUT2D eigenvalue weighted by molar-refractivity contribution is 6.04. The summed E-state index contributed by atoms with van der Waals surface area (Å²) in [7, 11) is 0. The molecule has 1 unspecified atom stereocenters. The van der Waals surface area contributed by atoms with Gasteiger partial charge in [0.1, 0.15) is 5.75 Å². The highest BCUT2D eigenvalue weighted by Crippen LogP contribution is 2.47. The molecule has 1 heterocycles. The summed E-state index contributed by atoms with van der Waals surface area (Å²) in [5, 5.41) is 13.6. The molecule has 5 nitrogen and oxygen atoms in total. The quantitative estimate of drug-likeness (QED) is 0.149. The lowest BCUT2D eigenvalue weighted by Crippen LogP contribution is -2.38. The van der Waals surface area contributed by atoms with Gasteiger partial charge in [-0.2, -0.15) is 0 Å². The fourth-order valence-electron chi connectivity index (χ4n) is 6.28. The Morgan fingerprint density at radius 2 is 1.50 bits per heavy atom. The summed E-state index contributed by atoms with van der Waals surface area (Å²) < 4.78 is 5.76. The van der Waals surface area contributed by atoms with Gasteiger partial charge in [0.05, 0.1) is 12.2 Å². The molecule has 1 aromatic rings. The van der Waals surface area contributed by atoms with Gasteiger partial charge in [-0.25, -0.2) is 4.79 Å². The van der Waals surface area contributed by atoms with Crippen molar-refractivity contribution >= 4 is 11.8 Å². The summed E-state index contributed by atoms with van der Waals surface area (Å²) >= 11 is 0. The van der Waals surface area contributed by atoms with Gasteiger partial charge in [-0.15, -0.1) is 0 Å². The van der Waals surface area contributed by atoms with E-state index in [0.717, 1.165) is 36.2 Å². The lowest BCUT2D eigenvalue weighted by molar-refractivity contribution is -0.139. The number of phenolic OH excluding ortho intramolecular Hbond substituents is 1. The maximum absolute atomic E-state index is 13.4. The molecule has 0 amide bonds. The molecule has 1 aromatic carbocycles. The van der Waals surface area contributed by atoms with Crippen LogP contribution >= 0.6 is 0 Å². The molecular weight excluding hydrogens is 498 g/mol. The lowest BCUT2D eigenvalue weighted by atomic mass is 9.68. The zero-order valence-electron chi connectivity index (χ0n) is 25.6. The Bertz CT molecular complexity index is 1050. The van der Waals surface area contributed by atoms with E-state index >= 15 is 0 Å². The van der Waals surface area contributed by atoms with Crippen LogP contribution in [0, 0.1) is 5.41 Å². The van der Waals surface area contributed by atoms with E-state index in [1.165, 1.54) is 77.0 Å². The van der Waals surface area contributed by atoms with Crippen LogP contribution in [0.5, 0.6) is 5.75 Å². The van der Waals surface area contributed by atoms with E-state index < -0.39 is 5.92 Å². The van der Waals surface area contributed by atoms with Crippen molar-refractivity contribution in [3.05, 3.63) is 52.4 Å². The molecule has 5 heteroatoms. The summed E-state index contributed by atoms with van der Waals surface area (Å²) in [6.45, 7) is 8.73. The van der Waals surface area contributed by atoms with Crippen LogP contribution in [0.4, 0.5) is 0 Å². The predicted octanol–water partition coefficient (Wildman–Crippen LogP) is 9.02. The minimum atomic E-state index is -0.532. The van der Waals surface area contributed by atoms with Gasteiger partial charge in [0.15, 0.2) is 5.78 Å². The van der Waals surface area contributed by atoms with Crippen molar-refractivity contribution in [2.45, 2.75) is 136 Å². The first kappa shape index (κ1) is 32.0. The van der Waals surface area contributed by atoms with Crippen molar-refractivity contribution in [3.8, 4) is 5.75 Å². The third-order valence-corrected chi connectivity index (χ3v) is 8.39. The molecule has 1 aliphatic heterocycles. The van der Waals surface area contributed by atoms with Crippen molar-refractivity contribution in [2.24, 2.45) is 5.41 Å². The normalized spacial score (nSPS) is 18.5. The highest BCUT2D eigenvalue weighted by Gasteiger charge is 2.43. The van der Waals surface area contributed by atoms with Crippen LogP contribution in [0.25, 0.3) is 0 Å². The largest absolute Gasteiger partial charge is 0.508 e. The molecule has 40 heavy (non-hydrogen) atoms. The van der Waals surface area contributed by atoms with E-state index in [9.17, 15) is 14.7 Å². The monoisotopic (exact) mass is 551 g/mol. The molecule has 1 atom stereocenters. The second-order valence-corrected chi connectivity index (χ2v) is 12.8. The Morgan fingerprint density at radius 3 is 2.08 bits per heavy atom. The van der Waals surface area contributed by atoms with Gasteiger partial charge in [0, 0.05) is 29.3 Å². The number of hydrogen-bond acceptors (Lipinski definition) is 5. The van der Waals surface area contributed by atoms with Crippen LogP contribution in [0.2, 0.25) is 0 Å². The molecular formula is C35H53NO4. The molecule has 0 bridgehead atoms. The van der Waals surface area contributed by atoms with E-state index in [2.05, 4.69) is 26.1 Å². The average Bonchev–Trinajstić information content (AvgIpc) is 2.89. The van der Waals surface area contributed by atoms with Gasteiger partial charge in [0.25, 0.3) is 0 Å². The number of allylic oxidation sites excluding steroid dienone is 3. The number of dihydropyridines is 1. The number of Topliss-reactive ketones (excluding diaryl/α,β-unsaturated/α-hetero) is 1. The fourth-order valence-corrected chi connectivity index (χ4v) is 6.28. The summed E-state index contributed by atoms with van der Waals surface area (Å²) in [6, 6.07) is 6.90. The second kappa shape index (κ2) is 16.0. The van der Waals surface area contributed by atoms with E-state index in [-0.39, 0.29) is 22.9 Å². The zero-order chi connectivity index (χ0) is 29.0. The lowest BCUT2D eigenvalue weighted by Gasteiger charge is -2.39. The minimum Gasteiger partial charge on any atom is -0.508 e. The minimum absolute atomic E-state index is 0.0527. The van der Waals surface area contributed by atoms with E-state index in [1.54, 1.807) is 18.2 Å². The van der Waals surface area contributed by atoms with Crippen molar-refractivity contribution in [2.75, 3.05) is 6.61 Å². The number of nitrogens with one attached hydrogen (secondary N) is 1. The fraction of sp³-hybridized carbons (Fsp3) is 0.657. The zero-order valence-corrected chi connectivity index (χ0v) is 25.6. The predicted molar refractivity (Wildman–Crippen MR) is 163 cm³/mol. The molecule has 3 rings (SSSR count). The van der Waals surface area contributed by atoms with Crippen LogP contribution in [-0.4, -0.2) is 23.5 Å². The molecule has 0 aromatic heterocycles. The standard InChI is InChI=1S/C35H53NO4/c1-5-6-7-8-9-10-11-12-13-14-15-16-17-18-22-40-34(39)31-26(2)36-29-24-35(3,4)25-30(38)33(29)32(31)27-20-19-21-28(37)23-27/h19-21,23,32,36-37H,5-18,22,24-25H2,1-4H3. The van der Waals surface area contributed by atoms with Crippen molar-refractivity contribution in [1.29, 1.82) is 0 Å². The van der Waals surface area contributed by atoms with E-state index in [0.29, 0.717) is 24.2 Å². The maximum atomic E-state index is 13.4. The number of aromatic hydroxyl groups is 1. The first-order chi connectivity index (χ1) is 19.2. The van der Waals surface area contributed by atoms with Gasteiger partial charge in [-0.3, -0.25) is 4.79 Å². The van der Waals surface area contributed by atoms with Gasteiger partial charge in [-0.05, 0) is 42.9 Å². The van der Waals surface area contributed by atoms with Crippen LogP contribution in [0.3, 0.4) is 0 Å². The summed E-state index contributed by atoms with van der Waals surface area (Å²) in [6.07, 6.45) is 19.1. The van der Waals surface area contributed by atoms with Crippen molar-refractivity contribution < 1.29 is 19.4 Å².